The second kappa shape index (κ2) is 5.84. The van der Waals surface area contributed by atoms with Gasteiger partial charge in [0.05, 0.1) is 6.10 Å². The number of aliphatic hydroxyl groups excluding tert-OH is 1. The minimum absolute atomic E-state index is 0.409. The van der Waals surface area contributed by atoms with Gasteiger partial charge in [-0.15, -0.1) is 6.58 Å². The molecule has 1 unspecified atom stereocenters. The van der Waals surface area contributed by atoms with Gasteiger partial charge in [-0.05, 0) is 37.0 Å². The van der Waals surface area contributed by atoms with Gasteiger partial charge in [-0.1, -0.05) is 29.8 Å². The average molecular weight is 211 g/mol. The first-order valence-electron chi connectivity index (χ1n) is 4.78. The molecule has 1 nitrogen and oxygen atoms in total. The zero-order chi connectivity index (χ0) is 10.4. The van der Waals surface area contributed by atoms with Crippen molar-refractivity contribution in [2.45, 2.75) is 25.4 Å². The maximum absolute atomic E-state index is 9.78. The molecule has 1 atom stereocenters. The Morgan fingerprint density at radius 3 is 2.93 bits per heavy atom. The van der Waals surface area contributed by atoms with Crippen LogP contribution < -0.4 is 0 Å². The molecule has 1 rings (SSSR count). The van der Waals surface area contributed by atoms with Crippen molar-refractivity contribution in [3.8, 4) is 0 Å². The van der Waals surface area contributed by atoms with E-state index in [0.717, 1.165) is 24.8 Å². The van der Waals surface area contributed by atoms with Gasteiger partial charge in [0.2, 0.25) is 0 Å². The molecule has 0 fully saturated rings. The summed E-state index contributed by atoms with van der Waals surface area (Å²) < 4.78 is 0. The van der Waals surface area contributed by atoms with E-state index >= 15 is 0 Å². The number of allylic oxidation sites excluding steroid dienone is 1. The number of rotatable bonds is 5. The van der Waals surface area contributed by atoms with E-state index in [9.17, 15) is 5.11 Å². The predicted molar refractivity (Wildman–Crippen MR) is 60.5 cm³/mol. The van der Waals surface area contributed by atoms with Crippen LogP contribution in [0.2, 0.25) is 5.02 Å². The van der Waals surface area contributed by atoms with Crippen molar-refractivity contribution in [1.29, 1.82) is 0 Å². The Morgan fingerprint density at radius 1 is 1.50 bits per heavy atom. The molecule has 0 aromatic heterocycles. The minimum atomic E-state index is -0.409. The second-order valence-corrected chi connectivity index (χ2v) is 3.73. The SMILES string of the molecule is C=CCCCC(O)c1cccc(Cl)c1. The predicted octanol–water partition coefficient (Wildman–Crippen LogP) is 3.73. The normalized spacial score (nSPS) is 12.4. The lowest BCUT2D eigenvalue weighted by molar-refractivity contribution is 0.165. The zero-order valence-electron chi connectivity index (χ0n) is 8.12. The van der Waals surface area contributed by atoms with Crippen molar-refractivity contribution < 1.29 is 5.11 Å². The number of halogens is 1. The summed E-state index contributed by atoms with van der Waals surface area (Å²) in [5.41, 5.74) is 0.890. The molecule has 14 heavy (non-hydrogen) atoms. The van der Waals surface area contributed by atoms with Crippen LogP contribution in [0.5, 0.6) is 0 Å². The van der Waals surface area contributed by atoms with Crippen LogP contribution in [0.4, 0.5) is 0 Å². The molecular formula is C12H15ClO. The van der Waals surface area contributed by atoms with E-state index in [1.807, 2.05) is 24.3 Å². The van der Waals surface area contributed by atoms with Gasteiger partial charge in [-0.2, -0.15) is 0 Å². The highest BCUT2D eigenvalue weighted by Crippen LogP contribution is 2.21. The lowest BCUT2D eigenvalue weighted by atomic mass is 10.0. The number of benzene rings is 1. The Balaban J connectivity index is 2.51. The lowest BCUT2D eigenvalue weighted by Gasteiger charge is -2.10. The van der Waals surface area contributed by atoms with Gasteiger partial charge < -0.3 is 5.11 Å². The minimum Gasteiger partial charge on any atom is -0.388 e. The lowest BCUT2D eigenvalue weighted by Crippen LogP contribution is -1.96. The molecule has 0 radical (unpaired) electrons. The van der Waals surface area contributed by atoms with Gasteiger partial charge in [0.25, 0.3) is 0 Å². The van der Waals surface area contributed by atoms with E-state index in [2.05, 4.69) is 6.58 Å². The van der Waals surface area contributed by atoms with Crippen LogP contribution in [0.1, 0.15) is 30.9 Å². The Hall–Kier alpha value is -0.790. The van der Waals surface area contributed by atoms with Crippen LogP contribution in [0, 0.1) is 0 Å². The third kappa shape index (κ3) is 3.52. The number of aliphatic hydroxyl groups is 1. The Labute approximate surface area is 90.0 Å². The fourth-order valence-electron chi connectivity index (χ4n) is 1.34. The molecular weight excluding hydrogens is 196 g/mol. The van der Waals surface area contributed by atoms with Crippen LogP contribution >= 0.6 is 11.6 Å². The molecule has 0 spiro atoms. The van der Waals surface area contributed by atoms with E-state index in [-0.39, 0.29) is 0 Å². The molecule has 0 aliphatic heterocycles. The summed E-state index contributed by atoms with van der Waals surface area (Å²) in [5.74, 6) is 0. The Bertz CT molecular complexity index is 296. The van der Waals surface area contributed by atoms with Gasteiger partial charge in [0.1, 0.15) is 0 Å². The van der Waals surface area contributed by atoms with E-state index in [1.165, 1.54) is 0 Å². The molecule has 0 heterocycles. The summed E-state index contributed by atoms with van der Waals surface area (Å²) >= 11 is 5.82. The van der Waals surface area contributed by atoms with Gasteiger partial charge in [-0.3, -0.25) is 0 Å². The number of unbranched alkanes of at least 4 members (excludes halogenated alkanes) is 1. The summed E-state index contributed by atoms with van der Waals surface area (Å²) in [4.78, 5) is 0. The molecule has 1 aromatic carbocycles. The third-order valence-electron chi connectivity index (χ3n) is 2.12. The molecule has 2 heteroatoms. The maximum Gasteiger partial charge on any atom is 0.0790 e. The Morgan fingerprint density at radius 2 is 2.29 bits per heavy atom. The summed E-state index contributed by atoms with van der Waals surface area (Å²) in [6.07, 6.45) is 4.11. The van der Waals surface area contributed by atoms with Gasteiger partial charge in [0, 0.05) is 5.02 Å². The largest absolute Gasteiger partial charge is 0.388 e. The summed E-state index contributed by atoms with van der Waals surface area (Å²) in [7, 11) is 0. The quantitative estimate of drug-likeness (QED) is 0.580. The van der Waals surface area contributed by atoms with Crippen LogP contribution in [-0.2, 0) is 0 Å². The molecule has 76 valence electrons. The first-order chi connectivity index (χ1) is 6.74. The molecule has 1 aromatic rings. The van der Waals surface area contributed by atoms with Crippen LogP contribution in [0.3, 0.4) is 0 Å². The molecule has 0 saturated carbocycles. The van der Waals surface area contributed by atoms with Crippen LogP contribution in [-0.4, -0.2) is 5.11 Å². The average Bonchev–Trinajstić information content (AvgIpc) is 2.18. The number of hydrogen-bond donors (Lipinski definition) is 1. The zero-order valence-corrected chi connectivity index (χ0v) is 8.87. The van der Waals surface area contributed by atoms with Crippen molar-refractivity contribution in [2.24, 2.45) is 0 Å². The smallest absolute Gasteiger partial charge is 0.0790 e. The fourth-order valence-corrected chi connectivity index (χ4v) is 1.53. The van der Waals surface area contributed by atoms with Crippen molar-refractivity contribution in [3.63, 3.8) is 0 Å². The van der Waals surface area contributed by atoms with E-state index in [1.54, 1.807) is 6.07 Å². The first kappa shape index (κ1) is 11.3. The highest BCUT2D eigenvalue weighted by molar-refractivity contribution is 6.30. The first-order valence-corrected chi connectivity index (χ1v) is 5.16. The molecule has 0 aliphatic carbocycles. The third-order valence-corrected chi connectivity index (χ3v) is 2.35. The van der Waals surface area contributed by atoms with Crippen molar-refractivity contribution >= 4 is 11.6 Å². The molecule has 0 bridgehead atoms. The van der Waals surface area contributed by atoms with Crippen LogP contribution in [0.15, 0.2) is 36.9 Å². The number of hydrogen-bond acceptors (Lipinski definition) is 1. The van der Waals surface area contributed by atoms with Gasteiger partial charge in [-0.25, -0.2) is 0 Å². The maximum atomic E-state index is 9.78. The molecule has 1 N–H and O–H groups in total. The van der Waals surface area contributed by atoms with E-state index < -0.39 is 6.10 Å². The fraction of sp³-hybridized carbons (Fsp3) is 0.333. The standard InChI is InChI=1S/C12H15ClO/c1-2-3-4-8-12(14)10-6-5-7-11(13)9-10/h2,5-7,9,12,14H,1,3-4,8H2. The van der Waals surface area contributed by atoms with E-state index in [4.69, 9.17) is 11.6 Å². The summed E-state index contributed by atoms with van der Waals surface area (Å²) in [6, 6.07) is 7.36. The summed E-state index contributed by atoms with van der Waals surface area (Å²) in [6.45, 7) is 3.64. The molecule has 0 amide bonds. The van der Waals surface area contributed by atoms with Crippen molar-refractivity contribution in [2.75, 3.05) is 0 Å². The van der Waals surface area contributed by atoms with Crippen molar-refractivity contribution in [3.05, 3.63) is 47.5 Å². The monoisotopic (exact) mass is 210 g/mol. The highest BCUT2D eigenvalue weighted by Gasteiger charge is 2.06. The van der Waals surface area contributed by atoms with E-state index in [0.29, 0.717) is 5.02 Å². The summed E-state index contributed by atoms with van der Waals surface area (Å²) in [5, 5.41) is 10.5. The molecule has 0 saturated heterocycles. The van der Waals surface area contributed by atoms with Gasteiger partial charge in [0.15, 0.2) is 0 Å². The van der Waals surface area contributed by atoms with Crippen LogP contribution in [0.25, 0.3) is 0 Å². The molecule has 0 aliphatic rings. The highest BCUT2D eigenvalue weighted by atomic mass is 35.5. The van der Waals surface area contributed by atoms with Gasteiger partial charge >= 0.3 is 0 Å². The van der Waals surface area contributed by atoms with Crippen molar-refractivity contribution in [1.82, 2.24) is 0 Å². The Kier molecular flexibility index (Phi) is 4.71. The topological polar surface area (TPSA) is 20.2 Å². The second-order valence-electron chi connectivity index (χ2n) is 3.29.